The SMILES string of the molecule is COC(CN)CN(C)C1CCSC1. The van der Waals surface area contributed by atoms with E-state index in [9.17, 15) is 0 Å². The molecule has 1 aliphatic rings. The molecule has 1 heterocycles. The van der Waals surface area contributed by atoms with E-state index in [2.05, 4.69) is 11.9 Å². The van der Waals surface area contributed by atoms with Crippen molar-refractivity contribution in [1.82, 2.24) is 4.90 Å². The first-order chi connectivity index (χ1) is 6.27. The van der Waals surface area contributed by atoms with E-state index in [0.717, 1.165) is 12.6 Å². The molecular weight excluding hydrogens is 184 g/mol. The van der Waals surface area contributed by atoms with Gasteiger partial charge in [-0.1, -0.05) is 0 Å². The molecule has 0 spiro atoms. The van der Waals surface area contributed by atoms with Gasteiger partial charge in [0.05, 0.1) is 6.10 Å². The second kappa shape index (κ2) is 5.86. The summed E-state index contributed by atoms with van der Waals surface area (Å²) in [5.41, 5.74) is 5.57. The molecule has 3 nitrogen and oxygen atoms in total. The van der Waals surface area contributed by atoms with Crippen molar-refractivity contribution in [2.75, 3.05) is 38.8 Å². The Balaban J connectivity index is 2.25. The smallest absolute Gasteiger partial charge is 0.0820 e. The Hall–Kier alpha value is 0.230. The van der Waals surface area contributed by atoms with Crippen molar-refractivity contribution in [2.45, 2.75) is 18.6 Å². The van der Waals surface area contributed by atoms with Crippen LogP contribution in [-0.2, 0) is 4.74 Å². The van der Waals surface area contributed by atoms with Gasteiger partial charge < -0.3 is 10.5 Å². The van der Waals surface area contributed by atoms with Gasteiger partial charge in [-0.25, -0.2) is 0 Å². The molecule has 0 aromatic rings. The van der Waals surface area contributed by atoms with Crippen molar-refractivity contribution in [2.24, 2.45) is 5.73 Å². The molecule has 13 heavy (non-hydrogen) atoms. The van der Waals surface area contributed by atoms with E-state index >= 15 is 0 Å². The number of rotatable bonds is 5. The Morgan fingerprint density at radius 1 is 1.69 bits per heavy atom. The average Bonchev–Trinajstić information content (AvgIpc) is 2.66. The minimum atomic E-state index is 0.190. The molecule has 1 aliphatic heterocycles. The van der Waals surface area contributed by atoms with E-state index in [0.29, 0.717) is 6.54 Å². The fourth-order valence-corrected chi connectivity index (χ4v) is 2.88. The summed E-state index contributed by atoms with van der Waals surface area (Å²) in [5, 5.41) is 0. The molecule has 1 fully saturated rings. The van der Waals surface area contributed by atoms with Crippen LogP contribution in [0.25, 0.3) is 0 Å². The third-order valence-corrected chi connectivity index (χ3v) is 3.76. The quantitative estimate of drug-likeness (QED) is 0.703. The molecule has 0 aromatic heterocycles. The van der Waals surface area contributed by atoms with Crippen molar-refractivity contribution in [3.63, 3.8) is 0 Å². The summed E-state index contributed by atoms with van der Waals surface area (Å²) in [7, 11) is 3.90. The van der Waals surface area contributed by atoms with Crippen LogP contribution >= 0.6 is 11.8 Å². The number of thioether (sulfide) groups is 1. The van der Waals surface area contributed by atoms with Gasteiger partial charge in [-0.05, 0) is 19.2 Å². The van der Waals surface area contributed by atoms with Crippen molar-refractivity contribution in [1.29, 1.82) is 0 Å². The third-order valence-electron chi connectivity index (χ3n) is 2.62. The maximum atomic E-state index is 5.57. The first-order valence-corrected chi connectivity index (χ1v) is 5.94. The van der Waals surface area contributed by atoms with Gasteiger partial charge in [-0.3, -0.25) is 4.90 Å². The third kappa shape index (κ3) is 3.46. The number of nitrogens with two attached hydrogens (primary N) is 1. The topological polar surface area (TPSA) is 38.5 Å². The van der Waals surface area contributed by atoms with Crippen LogP contribution in [-0.4, -0.2) is 55.8 Å². The molecule has 0 aromatic carbocycles. The zero-order chi connectivity index (χ0) is 9.68. The van der Waals surface area contributed by atoms with Gasteiger partial charge in [0.15, 0.2) is 0 Å². The molecule has 2 atom stereocenters. The van der Waals surface area contributed by atoms with Crippen molar-refractivity contribution in [3.05, 3.63) is 0 Å². The minimum absolute atomic E-state index is 0.190. The number of ether oxygens (including phenoxy) is 1. The predicted octanol–water partition coefficient (Wildman–Crippen LogP) is 0.397. The van der Waals surface area contributed by atoms with Gasteiger partial charge in [0, 0.05) is 32.0 Å². The second-order valence-electron chi connectivity index (χ2n) is 3.55. The summed E-state index contributed by atoms with van der Waals surface area (Å²) < 4.78 is 5.26. The van der Waals surface area contributed by atoms with Crippen LogP contribution in [0.15, 0.2) is 0 Å². The molecule has 78 valence electrons. The highest BCUT2D eigenvalue weighted by atomic mass is 32.2. The lowest BCUT2D eigenvalue weighted by molar-refractivity contribution is 0.0681. The van der Waals surface area contributed by atoms with E-state index in [1.54, 1.807) is 7.11 Å². The van der Waals surface area contributed by atoms with Crippen molar-refractivity contribution >= 4 is 11.8 Å². The zero-order valence-corrected chi connectivity index (χ0v) is 9.35. The summed E-state index contributed by atoms with van der Waals surface area (Å²) in [6, 6.07) is 0.731. The number of likely N-dealkylation sites (N-methyl/N-ethyl adjacent to an activating group) is 1. The maximum Gasteiger partial charge on any atom is 0.0820 e. The first-order valence-electron chi connectivity index (χ1n) is 4.78. The molecule has 0 bridgehead atoms. The van der Waals surface area contributed by atoms with E-state index in [1.807, 2.05) is 11.8 Å². The second-order valence-corrected chi connectivity index (χ2v) is 4.70. The van der Waals surface area contributed by atoms with Gasteiger partial charge in [-0.15, -0.1) is 0 Å². The lowest BCUT2D eigenvalue weighted by Crippen LogP contribution is -2.41. The fourth-order valence-electron chi connectivity index (χ4n) is 1.59. The van der Waals surface area contributed by atoms with Crippen LogP contribution in [0.5, 0.6) is 0 Å². The molecule has 0 amide bonds. The van der Waals surface area contributed by atoms with Gasteiger partial charge >= 0.3 is 0 Å². The van der Waals surface area contributed by atoms with Gasteiger partial charge in [-0.2, -0.15) is 11.8 Å². The average molecular weight is 204 g/mol. The van der Waals surface area contributed by atoms with Gasteiger partial charge in [0.2, 0.25) is 0 Å². The Kier molecular flexibility index (Phi) is 5.09. The standard InChI is InChI=1S/C9H20N2OS/c1-11(6-9(5-10)12-2)8-3-4-13-7-8/h8-9H,3-7,10H2,1-2H3. The highest BCUT2D eigenvalue weighted by Crippen LogP contribution is 2.21. The Labute approximate surface area is 85.0 Å². The van der Waals surface area contributed by atoms with Gasteiger partial charge in [0.1, 0.15) is 0 Å². The minimum Gasteiger partial charge on any atom is -0.379 e. The Bertz CT molecular complexity index is 136. The van der Waals surface area contributed by atoms with Crippen LogP contribution in [0, 0.1) is 0 Å². The Morgan fingerprint density at radius 2 is 2.46 bits per heavy atom. The monoisotopic (exact) mass is 204 g/mol. The van der Waals surface area contributed by atoms with Crippen molar-refractivity contribution < 1.29 is 4.74 Å². The lowest BCUT2D eigenvalue weighted by atomic mass is 10.2. The van der Waals surface area contributed by atoms with Crippen LogP contribution in [0.1, 0.15) is 6.42 Å². The Morgan fingerprint density at radius 3 is 2.92 bits per heavy atom. The van der Waals surface area contributed by atoms with Crippen LogP contribution < -0.4 is 5.73 Å². The predicted molar refractivity (Wildman–Crippen MR) is 58.2 cm³/mol. The maximum absolute atomic E-state index is 5.57. The molecule has 4 heteroatoms. The van der Waals surface area contributed by atoms with Crippen LogP contribution in [0.2, 0.25) is 0 Å². The molecule has 0 saturated carbocycles. The lowest BCUT2D eigenvalue weighted by Gasteiger charge is -2.26. The number of hydrogen-bond acceptors (Lipinski definition) is 4. The van der Waals surface area contributed by atoms with E-state index in [1.165, 1.54) is 17.9 Å². The molecular formula is C9H20N2OS. The molecule has 2 unspecified atom stereocenters. The summed E-state index contributed by atoms with van der Waals surface area (Å²) in [5.74, 6) is 2.56. The van der Waals surface area contributed by atoms with Crippen molar-refractivity contribution in [3.8, 4) is 0 Å². The fraction of sp³-hybridized carbons (Fsp3) is 1.00. The molecule has 2 N–H and O–H groups in total. The molecule has 0 radical (unpaired) electrons. The molecule has 1 saturated heterocycles. The van der Waals surface area contributed by atoms with Crippen LogP contribution in [0.3, 0.4) is 0 Å². The highest BCUT2D eigenvalue weighted by molar-refractivity contribution is 7.99. The van der Waals surface area contributed by atoms with Crippen LogP contribution in [0.4, 0.5) is 0 Å². The zero-order valence-electron chi connectivity index (χ0n) is 8.53. The summed E-state index contributed by atoms with van der Waals surface area (Å²) in [6.45, 7) is 1.57. The highest BCUT2D eigenvalue weighted by Gasteiger charge is 2.21. The van der Waals surface area contributed by atoms with E-state index in [4.69, 9.17) is 10.5 Å². The number of hydrogen-bond donors (Lipinski definition) is 1. The first kappa shape index (κ1) is 11.3. The number of nitrogens with zero attached hydrogens (tertiary/aromatic N) is 1. The molecule has 0 aliphatic carbocycles. The number of methoxy groups -OCH3 is 1. The molecule has 1 rings (SSSR count). The summed E-state index contributed by atoms with van der Waals surface area (Å²) in [6.07, 6.45) is 1.50. The summed E-state index contributed by atoms with van der Waals surface area (Å²) >= 11 is 2.04. The van der Waals surface area contributed by atoms with E-state index < -0.39 is 0 Å². The summed E-state index contributed by atoms with van der Waals surface area (Å²) in [4.78, 5) is 2.38. The largest absolute Gasteiger partial charge is 0.379 e. The van der Waals surface area contributed by atoms with E-state index in [-0.39, 0.29) is 6.10 Å². The van der Waals surface area contributed by atoms with Gasteiger partial charge in [0.25, 0.3) is 0 Å². The normalized spacial score (nSPS) is 25.4.